The van der Waals surface area contributed by atoms with Gasteiger partial charge < -0.3 is 10.1 Å². The molecule has 2 aromatic rings. The van der Waals surface area contributed by atoms with E-state index >= 15 is 0 Å². The van der Waals surface area contributed by atoms with Crippen LogP contribution in [0.2, 0.25) is 0 Å². The molecule has 1 aromatic carbocycles. The summed E-state index contributed by atoms with van der Waals surface area (Å²) in [5.74, 6) is 1.45. The molecule has 20 heavy (non-hydrogen) atoms. The SMILES string of the molecule is CCNc1cc(C2CC2)nc2c(Br)cc(Br)c(OC)c12. The second-order valence-electron chi connectivity index (χ2n) is 5.00. The summed E-state index contributed by atoms with van der Waals surface area (Å²) in [5.41, 5.74) is 3.24. The molecule has 1 saturated carbocycles. The molecule has 1 aromatic heterocycles. The lowest BCUT2D eigenvalue weighted by molar-refractivity contribution is 0.417. The zero-order valence-corrected chi connectivity index (χ0v) is 14.6. The predicted molar refractivity (Wildman–Crippen MR) is 89.8 cm³/mol. The highest BCUT2D eigenvalue weighted by atomic mass is 79.9. The third-order valence-electron chi connectivity index (χ3n) is 3.53. The van der Waals surface area contributed by atoms with Crippen LogP contribution in [-0.2, 0) is 0 Å². The molecule has 0 amide bonds. The Hall–Kier alpha value is -0.810. The number of benzene rings is 1. The van der Waals surface area contributed by atoms with E-state index < -0.39 is 0 Å². The number of fused-ring (bicyclic) bond motifs is 1. The summed E-state index contributed by atoms with van der Waals surface area (Å²) >= 11 is 7.19. The summed E-state index contributed by atoms with van der Waals surface area (Å²) in [4.78, 5) is 4.84. The summed E-state index contributed by atoms with van der Waals surface area (Å²) in [6, 6.07) is 4.17. The highest BCUT2D eigenvalue weighted by Gasteiger charge is 2.27. The number of hydrogen-bond donors (Lipinski definition) is 1. The Labute approximate surface area is 135 Å². The topological polar surface area (TPSA) is 34.2 Å². The van der Waals surface area contributed by atoms with Crippen LogP contribution in [0, 0.1) is 0 Å². The molecule has 1 fully saturated rings. The lowest BCUT2D eigenvalue weighted by Gasteiger charge is -2.15. The third-order valence-corrected chi connectivity index (χ3v) is 4.72. The van der Waals surface area contributed by atoms with Crippen molar-refractivity contribution in [2.24, 2.45) is 0 Å². The van der Waals surface area contributed by atoms with Crippen molar-refractivity contribution in [2.75, 3.05) is 19.0 Å². The van der Waals surface area contributed by atoms with Crippen molar-refractivity contribution in [1.29, 1.82) is 0 Å². The van der Waals surface area contributed by atoms with Crippen LogP contribution in [-0.4, -0.2) is 18.6 Å². The molecule has 0 aliphatic heterocycles. The van der Waals surface area contributed by atoms with Gasteiger partial charge >= 0.3 is 0 Å². The van der Waals surface area contributed by atoms with Crippen molar-refractivity contribution in [3.8, 4) is 5.75 Å². The number of nitrogens with one attached hydrogen (secondary N) is 1. The molecule has 0 saturated heterocycles. The van der Waals surface area contributed by atoms with Crippen LogP contribution in [0.25, 0.3) is 10.9 Å². The molecule has 0 unspecified atom stereocenters. The molecule has 3 nitrogen and oxygen atoms in total. The van der Waals surface area contributed by atoms with Gasteiger partial charge in [0.2, 0.25) is 0 Å². The van der Waals surface area contributed by atoms with Gasteiger partial charge in [-0.15, -0.1) is 0 Å². The van der Waals surface area contributed by atoms with Crippen LogP contribution in [0.1, 0.15) is 31.4 Å². The van der Waals surface area contributed by atoms with Crippen molar-refractivity contribution < 1.29 is 4.74 Å². The number of pyridine rings is 1. The first-order valence-corrected chi connectivity index (χ1v) is 8.34. The number of methoxy groups -OCH3 is 1. The fraction of sp³-hybridized carbons (Fsp3) is 0.400. The van der Waals surface area contributed by atoms with E-state index in [4.69, 9.17) is 9.72 Å². The predicted octanol–water partition coefficient (Wildman–Crippen LogP) is 5.08. The Balaban J connectivity index is 2.33. The summed E-state index contributed by atoms with van der Waals surface area (Å²) in [7, 11) is 1.69. The van der Waals surface area contributed by atoms with E-state index in [9.17, 15) is 0 Å². The molecule has 0 bridgehead atoms. The van der Waals surface area contributed by atoms with Gasteiger partial charge in [0.1, 0.15) is 5.75 Å². The lowest BCUT2D eigenvalue weighted by Crippen LogP contribution is -2.02. The Bertz CT molecular complexity index is 669. The summed E-state index contributed by atoms with van der Waals surface area (Å²) in [6.45, 7) is 2.97. The maximum Gasteiger partial charge on any atom is 0.144 e. The van der Waals surface area contributed by atoms with Crippen molar-refractivity contribution in [3.63, 3.8) is 0 Å². The lowest BCUT2D eigenvalue weighted by atomic mass is 10.1. The monoisotopic (exact) mass is 398 g/mol. The zero-order valence-electron chi connectivity index (χ0n) is 11.5. The number of halogens is 2. The summed E-state index contributed by atoms with van der Waals surface area (Å²) < 4.78 is 7.49. The maximum absolute atomic E-state index is 5.57. The molecule has 3 rings (SSSR count). The minimum absolute atomic E-state index is 0.623. The average molecular weight is 400 g/mol. The molecule has 106 valence electrons. The molecule has 1 aliphatic rings. The van der Waals surface area contributed by atoms with Gasteiger partial charge in [0.15, 0.2) is 0 Å². The fourth-order valence-corrected chi connectivity index (χ4v) is 3.86. The van der Waals surface area contributed by atoms with E-state index in [1.807, 2.05) is 6.07 Å². The first-order chi connectivity index (χ1) is 9.65. The summed E-state index contributed by atoms with van der Waals surface area (Å²) in [6.07, 6.45) is 2.49. The van der Waals surface area contributed by atoms with Crippen LogP contribution in [0.15, 0.2) is 21.1 Å². The molecule has 1 N–H and O–H groups in total. The molecule has 0 spiro atoms. The number of rotatable bonds is 4. The summed E-state index contributed by atoms with van der Waals surface area (Å²) in [5, 5.41) is 4.47. The van der Waals surface area contributed by atoms with E-state index in [1.165, 1.54) is 18.5 Å². The van der Waals surface area contributed by atoms with Crippen LogP contribution in [0.4, 0.5) is 5.69 Å². The van der Waals surface area contributed by atoms with Gasteiger partial charge in [-0.25, -0.2) is 0 Å². The van der Waals surface area contributed by atoms with E-state index in [-0.39, 0.29) is 0 Å². The van der Waals surface area contributed by atoms with Crippen LogP contribution < -0.4 is 10.1 Å². The second kappa shape index (κ2) is 5.53. The smallest absolute Gasteiger partial charge is 0.144 e. The molecule has 1 aliphatic carbocycles. The van der Waals surface area contributed by atoms with Gasteiger partial charge in [-0.3, -0.25) is 4.98 Å². The van der Waals surface area contributed by atoms with Gasteiger partial charge in [0, 0.05) is 28.3 Å². The standard InChI is InChI=1S/C15H16Br2N2O/c1-3-18-12-7-11(8-4-5-8)19-14-9(16)6-10(17)15(20-2)13(12)14/h6-8H,3-5H2,1-2H3,(H,18,19). The number of aromatic nitrogens is 1. The first-order valence-electron chi connectivity index (χ1n) is 6.76. The zero-order chi connectivity index (χ0) is 14.3. The quantitative estimate of drug-likeness (QED) is 0.778. The van der Waals surface area contributed by atoms with Crippen LogP contribution >= 0.6 is 31.9 Å². The van der Waals surface area contributed by atoms with E-state index in [1.54, 1.807) is 7.11 Å². The Morgan fingerprint density at radius 3 is 2.65 bits per heavy atom. The number of anilines is 1. The molecule has 1 heterocycles. The van der Waals surface area contributed by atoms with Gasteiger partial charge in [0.25, 0.3) is 0 Å². The van der Waals surface area contributed by atoms with E-state index in [0.717, 1.165) is 37.8 Å². The van der Waals surface area contributed by atoms with Crippen molar-refractivity contribution in [1.82, 2.24) is 4.98 Å². The Kier molecular flexibility index (Phi) is 3.91. The van der Waals surface area contributed by atoms with Crippen molar-refractivity contribution in [2.45, 2.75) is 25.7 Å². The van der Waals surface area contributed by atoms with Gasteiger partial charge in [0.05, 0.1) is 22.5 Å². The first kappa shape index (κ1) is 14.1. The minimum atomic E-state index is 0.623. The van der Waals surface area contributed by atoms with E-state index in [0.29, 0.717) is 5.92 Å². The van der Waals surface area contributed by atoms with Crippen molar-refractivity contribution >= 4 is 48.5 Å². The number of hydrogen-bond acceptors (Lipinski definition) is 3. The van der Waals surface area contributed by atoms with Crippen LogP contribution in [0.5, 0.6) is 5.75 Å². The largest absolute Gasteiger partial charge is 0.495 e. The highest BCUT2D eigenvalue weighted by Crippen LogP contribution is 2.45. The Morgan fingerprint density at radius 1 is 1.30 bits per heavy atom. The third kappa shape index (κ3) is 2.42. The van der Waals surface area contributed by atoms with Crippen LogP contribution in [0.3, 0.4) is 0 Å². The fourth-order valence-electron chi connectivity index (χ4n) is 2.45. The normalized spacial score (nSPS) is 14.6. The van der Waals surface area contributed by atoms with Crippen molar-refractivity contribution in [3.05, 3.63) is 26.8 Å². The minimum Gasteiger partial charge on any atom is -0.495 e. The second-order valence-corrected chi connectivity index (χ2v) is 6.71. The molecule has 0 atom stereocenters. The van der Waals surface area contributed by atoms with E-state index in [2.05, 4.69) is 50.2 Å². The molecule has 0 radical (unpaired) electrons. The molecular formula is C15H16Br2N2O. The van der Waals surface area contributed by atoms with Gasteiger partial charge in [-0.2, -0.15) is 0 Å². The highest BCUT2D eigenvalue weighted by molar-refractivity contribution is 9.11. The van der Waals surface area contributed by atoms with Gasteiger partial charge in [-0.05, 0) is 63.8 Å². The average Bonchev–Trinajstić information content (AvgIpc) is 3.24. The number of ether oxygens (including phenoxy) is 1. The maximum atomic E-state index is 5.57. The molecule has 5 heteroatoms. The van der Waals surface area contributed by atoms with Gasteiger partial charge in [-0.1, -0.05) is 0 Å². The Morgan fingerprint density at radius 2 is 2.05 bits per heavy atom. The molecular weight excluding hydrogens is 384 g/mol. The number of nitrogens with zero attached hydrogens (tertiary/aromatic N) is 1.